The number of rotatable bonds is 17. The Morgan fingerprint density at radius 2 is 1.47 bits per heavy atom. The fourth-order valence-electron chi connectivity index (χ4n) is 4.76. The first-order valence-corrected chi connectivity index (χ1v) is 14.9. The molecule has 1 unspecified atom stereocenters. The number of ether oxygens (including phenoxy) is 3. The van der Waals surface area contributed by atoms with Crippen LogP contribution < -0.4 is 20.1 Å². The fourth-order valence-corrected chi connectivity index (χ4v) is 4.76. The van der Waals surface area contributed by atoms with Gasteiger partial charge in [-0.1, -0.05) is 24.3 Å². The molecule has 3 rings (SSSR count). The van der Waals surface area contributed by atoms with Crippen LogP contribution in [0.5, 0.6) is 11.5 Å². The predicted octanol–water partition coefficient (Wildman–Crippen LogP) is 8.05. The van der Waals surface area contributed by atoms with Gasteiger partial charge < -0.3 is 24.8 Å². The third-order valence-corrected chi connectivity index (χ3v) is 6.98. The zero-order valence-electron chi connectivity index (χ0n) is 26.0. The van der Waals surface area contributed by atoms with E-state index in [-0.39, 0.29) is 24.6 Å². The van der Waals surface area contributed by atoms with Gasteiger partial charge in [0.1, 0.15) is 29.7 Å². The predicted molar refractivity (Wildman–Crippen MR) is 158 cm³/mol. The molecule has 2 N–H and O–H groups in total. The van der Waals surface area contributed by atoms with Crippen molar-refractivity contribution in [3.05, 3.63) is 95.1 Å². The molecular formula is C33H33F9N2O5. The van der Waals surface area contributed by atoms with Crippen molar-refractivity contribution in [3.8, 4) is 11.5 Å². The summed E-state index contributed by atoms with van der Waals surface area (Å²) in [6.07, 6.45) is -12.4. The van der Waals surface area contributed by atoms with Gasteiger partial charge in [-0.25, -0.2) is 13.6 Å². The van der Waals surface area contributed by atoms with Crippen LogP contribution in [-0.4, -0.2) is 50.5 Å². The molecule has 16 heteroatoms. The van der Waals surface area contributed by atoms with E-state index in [0.717, 1.165) is 30.3 Å². The standard InChI is InChI=1S/C33H33F9N2O5/c1-2-47-28(45)6-4-3-5-15-48-26-13-7-21(8-14-26)19-31(22-9-11-24(34)12-10-22,44-30(46)43-20-32(38,39)40)23-16-25(35)18-27(17-23)49-33(41,42)29(36)37/h7-14,16-18,29H,2-6,15,19-20H2,1H3,(H2,43,44,46). The van der Waals surface area contributed by atoms with Crippen LogP contribution in [0, 0.1) is 11.6 Å². The van der Waals surface area contributed by atoms with Gasteiger partial charge in [-0.2, -0.15) is 30.7 Å². The van der Waals surface area contributed by atoms with E-state index in [1.807, 2.05) is 0 Å². The van der Waals surface area contributed by atoms with Crippen LogP contribution in [0.2, 0.25) is 0 Å². The van der Waals surface area contributed by atoms with E-state index in [1.165, 1.54) is 24.3 Å². The molecule has 0 saturated carbocycles. The molecule has 0 fully saturated rings. The Kier molecular flexibility index (Phi) is 13.6. The number of esters is 1. The number of amides is 2. The molecule has 0 radical (unpaired) electrons. The van der Waals surface area contributed by atoms with E-state index in [0.29, 0.717) is 49.3 Å². The van der Waals surface area contributed by atoms with Crippen LogP contribution >= 0.6 is 0 Å². The van der Waals surface area contributed by atoms with Gasteiger partial charge in [0.2, 0.25) is 0 Å². The van der Waals surface area contributed by atoms with Crippen LogP contribution in [0.3, 0.4) is 0 Å². The highest BCUT2D eigenvalue weighted by molar-refractivity contribution is 5.76. The highest BCUT2D eigenvalue weighted by Gasteiger charge is 2.45. The van der Waals surface area contributed by atoms with Gasteiger partial charge in [-0.05, 0) is 79.3 Å². The maximum Gasteiger partial charge on any atom is 0.461 e. The van der Waals surface area contributed by atoms with Gasteiger partial charge in [0.25, 0.3) is 0 Å². The zero-order chi connectivity index (χ0) is 36.2. The van der Waals surface area contributed by atoms with Crippen LogP contribution in [0.25, 0.3) is 0 Å². The summed E-state index contributed by atoms with van der Waals surface area (Å²) in [5.74, 6) is -3.03. The number of hydrogen-bond acceptors (Lipinski definition) is 5. The highest BCUT2D eigenvalue weighted by atomic mass is 19.4. The highest BCUT2D eigenvalue weighted by Crippen LogP contribution is 2.38. The molecule has 268 valence electrons. The van der Waals surface area contributed by atoms with E-state index in [1.54, 1.807) is 12.2 Å². The number of carbonyl (C=O) groups excluding carboxylic acids is 2. The average molecular weight is 709 g/mol. The van der Waals surface area contributed by atoms with Crippen LogP contribution in [-0.2, 0) is 21.5 Å². The monoisotopic (exact) mass is 708 g/mol. The van der Waals surface area contributed by atoms with Crippen LogP contribution in [0.1, 0.15) is 49.3 Å². The van der Waals surface area contributed by atoms with E-state index < -0.39 is 66.2 Å². The molecule has 0 aliphatic rings. The Labute approximate surface area is 275 Å². The van der Waals surface area contributed by atoms with Gasteiger partial charge in [0.05, 0.1) is 18.8 Å². The molecule has 0 spiro atoms. The minimum atomic E-state index is -5.06. The molecule has 0 saturated heterocycles. The smallest absolute Gasteiger partial charge is 0.461 e. The number of halogens is 9. The summed E-state index contributed by atoms with van der Waals surface area (Å²) in [4.78, 5) is 24.4. The second kappa shape index (κ2) is 17.2. The van der Waals surface area contributed by atoms with Gasteiger partial charge in [0.15, 0.2) is 0 Å². The Morgan fingerprint density at radius 3 is 2.08 bits per heavy atom. The summed E-state index contributed by atoms with van der Waals surface area (Å²) in [7, 11) is 0. The fraction of sp³-hybridized carbons (Fsp3) is 0.394. The number of benzene rings is 3. The average Bonchev–Trinajstić information content (AvgIpc) is 3.01. The van der Waals surface area contributed by atoms with Crippen molar-refractivity contribution in [2.75, 3.05) is 19.8 Å². The molecule has 0 bridgehead atoms. The Bertz CT molecular complexity index is 1520. The van der Waals surface area contributed by atoms with Crippen molar-refractivity contribution in [2.24, 2.45) is 0 Å². The minimum Gasteiger partial charge on any atom is -0.494 e. The summed E-state index contributed by atoms with van der Waals surface area (Å²) in [6, 6.07) is 10.6. The number of urea groups is 1. The minimum absolute atomic E-state index is 0.0450. The Morgan fingerprint density at radius 1 is 0.796 bits per heavy atom. The molecule has 0 heterocycles. The summed E-state index contributed by atoms with van der Waals surface area (Å²) in [6.45, 7) is 0.507. The lowest BCUT2D eigenvalue weighted by atomic mass is 9.77. The Balaban J connectivity index is 1.98. The maximum absolute atomic E-state index is 14.9. The topological polar surface area (TPSA) is 85.9 Å². The lowest BCUT2D eigenvalue weighted by Crippen LogP contribution is -2.53. The zero-order valence-corrected chi connectivity index (χ0v) is 26.0. The third-order valence-electron chi connectivity index (χ3n) is 6.98. The van der Waals surface area contributed by atoms with Gasteiger partial charge in [0, 0.05) is 18.9 Å². The summed E-state index contributed by atoms with van der Waals surface area (Å²) >= 11 is 0. The number of nitrogens with one attached hydrogen (secondary N) is 2. The van der Waals surface area contributed by atoms with Gasteiger partial charge in [-0.3, -0.25) is 4.79 Å². The normalized spacial score (nSPS) is 13.0. The summed E-state index contributed by atoms with van der Waals surface area (Å²) in [5.41, 5.74) is -2.24. The first-order chi connectivity index (χ1) is 23.0. The summed E-state index contributed by atoms with van der Waals surface area (Å²) < 4.78 is 136. The molecule has 1 atom stereocenters. The summed E-state index contributed by atoms with van der Waals surface area (Å²) in [5, 5.41) is 3.95. The second-order valence-corrected chi connectivity index (χ2v) is 10.8. The van der Waals surface area contributed by atoms with Gasteiger partial charge in [-0.15, -0.1) is 0 Å². The second-order valence-electron chi connectivity index (χ2n) is 10.8. The lowest BCUT2D eigenvalue weighted by molar-refractivity contribution is -0.253. The van der Waals surface area contributed by atoms with Crippen molar-refractivity contribution in [3.63, 3.8) is 0 Å². The molecule has 3 aromatic carbocycles. The van der Waals surface area contributed by atoms with Crippen molar-refractivity contribution in [1.82, 2.24) is 10.6 Å². The maximum atomic E-state index is 14.9. The van der Waals surface area contributed by atoms with E-state index in [4.69, 9.17) is 9.47 Å². The third kappa shape index (κ3) is 12.1. The first kappa shape index (κ1) is 38.8. The molecule has 2 amide bonds. The van der Waals surface area contributed by atoms with E-state index in [2.05, 4.69) is 10.1 Å². The van der Waals surface area contributed by atoms with Crippen LogP contribution in [0.15, 0.2) is 66.7 Å². The molecule has 0 aliphatic carbocycles. The largest absolute Gasteiger partial charge is 0.494 e. The van der Waals surface area contributed by atoms with Crippen molar-refractivity contribution in [1.29, 1.82) is 0 Å². The molecule has 0 aromatic heterocycles. The first-order valence-electron chi connectivity index (χ1n) is 14.9. The Hall–Kier alpha value is -4.63. The van der Waals surface area contributed by atoms with E-state index in [9.17, 15) is 49.1 Å². The number of alkyl halides is 7. The molecule has 49 heavy (non-hydrogen) atoms. The molecule has 0 aliphatic heterocycles. The van der Waals surface area contributed by atoms with Crippen molar-refractivity contribution in [2.45, 2.75) is 63.3 Å². The molecule has 3 aromatic rings. The van der Waals surface area contributed by atoms with Crippen molar-refractivity contribution < 1.29 is 63.3 Å². The molecule has 7 nitrogen and oxygen atoms in total. The number of hydrogen-bond donors (Lipinski definition) is 2. The van der Waals surface area contributed by atoms with Crippen molar-refractivity contribution >= 4 is 12.0 Å². The SMILES string of the molecule is CCOC(=O)CCCCCOc1ccc(CC(NC(=O)NCC(F)(F)F)(c2ccc(F)cc2)c2cc(F)cc(OC(F)(F)C(F)F)c2)cc1. The number of carbonyl (C=O) groups is 2. The molecular weight excluding hydrogens is 675 g/mol. The van der Waals surface area contributed by atoms with E-state index >= 15 is 0 Å². The van der Waals surface area contributed by atoms with Gasteiger partial charge >= 0.3 is 30.7 Å². The lowest BCUT2D eigenvalue weighted by Gasteiger charge is -2.37. The number of unbranched alkanes of at least 4 members (excludes halogenated alkanes) is 2. The van der Waals surface area contributed by atoms with Crippen LogP contribution in [0.4, 0.5) is 44.3 Å². The quantitative estimate of drug-likeness (QED) is 0.0843.